The van der Waals surface area contributed by atoms with E-state index in [1.54, 1.807) is 0 Å². The second-order valence-electron chi connectivity index (χ2n) is 17.5. The van der Waals surface area contributed by atoms with Crippen LogP contribution in [0.15, 0.2) is 109 Å². The van der Waals surface area contributed by atoms with Gasteiger partial charge in [0.15, 0.2) is 6.10 Å². The molecule has 0 aromatic rings. The molecule has 0 heterocycles. The Morgan fingerprint density at radius 2 is 0.697 bits per heavy atom. The predicted octanol–water partition coefficient (Wildman–Crippen LogP) is 17.9. The van der Waals surface area contributed by atoms with E-state index < -0.39 is 12.1 Å². The Hall–Kier alpha value is -3.93. The lowest BCUT2D eigenvalue weighted by Crippen LogP contribution is -2.30. The van der Waals surface area contributed by atoms with E-state index in [1.165, 1.54) is 89.9 Å². The molecular formula is C60H98O6. The summed E-state index contributed by atoms with van der Waals surface area (Å²) < 4.78 is 16.7. The van der Waals surface area contributed by atoms with E-state index in [-0.39, 0.29) is 31.6 Å². The number of hydrogen-bond donors (Lipinski definition) is 0. The fourth-order valence-electron chi connectivity index (χ4n) is 7.15. The number of carbonyl (C=O) groups excluding carboxylic acids is 3. The van der Waals surface area contributed by atoms with Crippen LogP contribution in [-0.2, 0) is 28.6 Å². The molecular weight excluding hydrogens is 817 g/mol. The molecule has 0 saturated heterocycles. The van der Waals surface area contributed by atoms with Gasteiger partial charge in [0.1, 0.15) is 13.2 Å². The molecule has 0 aliphatic carbocycles. The standard InChI is InChI=1S/C60H98O6/c1-4-7-10-13-16-19-22-25-28-30-33-35-38-41-44-47-50-53-59(62)65-56-57(55-64-58(61)52-49-46-43-40-37-34-31-27-24-21-18-15-12-9-6-3)66-60(63)54-51-48-45-42-39-36-32-29-26-23-20-17-14-11-8-5-2/h8-9,11-12,15,17-18,20-21,24,26-27,29,31,36,39,45,48,57H,4-7,10,13-14,16,19,22-23,25,28,30,32-35,37-38,40-44,46-47,49-56H2,1-3H3/b11-8-,12-9-,18-15-,20-17-,24-21-,29-26-,31-27-,39-36-,48-45-. The Labute approximate surface area is 406 Å². The zero-order chi connectivity index (χ0) is 47.9. The van der Waals surface area contributed by atoms with Crippen LogP contribution in [0.5, 0.6) is 0 Å². The average Bonchev–Trinajstić information content (AvgIpc) is 3.31. The largest absolute Gasteiger partial charge is 0.462 e. The molecule has 66 heavy (non-hydrogen) atoms. The molecule has 6 heteroatoms. The Morgan fingerprint density at radius 3 is 1.14 bits per heavy atom. The highest BCUT2D eigenvalue weighted by molar-refractivity contribution is 5.71. The molecule has 0 radical (unpaired) electrons. The summed E-state index contributed by atoms with van der Waals surface area (Å²) in [6.07, 6.45) is 72.3. The number of unbranched alkanes of at least 4 members (excludes halogenated alkanes) is 21. The van der Waals surface area contributed by atoms with Crippen molar-refractivity contribution in [3.05, 3.63) is 109 Å². The van der Waals surface area contributed by atoms with Crippen LogP contribution in [-0.4, -0.2) is 37.2 Å². The molecule has 374 valence electrons. The van der Waals surface area contributed by atoms with Gasteiger partial charge in [0.25, 0.3) is 0 Å². The van der Waals surface area contributed by atoms with Crippen LogP contribution in [0.3, 0.4) is 0 Å². The zero-order valence-corrected chi connectivity index (χ0v) is 42.7. The van der Waals surface area contributed by atoms with Crippen molar-refractivity contribution >= 4 is 17.9 Å². The lowest BCUT2D eigenvalue weighted by Gasteiger charge is -2.18. The van der Waals surface area contributed by atoms with Crippen molar-refractivity contribution in [2.24, 2.45) is 0 Å². The van der Waals surface area contributed by atoms with Crippen LogP contribution in [0.4, 0.5) is 0 Å². The maximum Gasteiger partial charge on any atom is 0.306 e. The minimum atomic E-state index is -0.828. The third-order valence-corrected chi connectivity index (χ3v) is 11.1. The third-order valence-electron chi connectivity index (χ3n) is 11.1. The van der Waals surface area contributed by atoms with Crippen LogP contribution < -0.4 is 0 Å². The monoisotopic (exact) mass is 915 g/mol. The van der Waals surface area contributed by atoms with Crippen LogP contribution in [0.25, 0.3) is 0 Å². The van der Waals surface area contributed by atoms with Gasteiger partial charge in [0, 0.05) is 19.3 Å². The SMILES string of the molecule is CC\C=C/C=C\C=C/C=C\CCCCCCCC(=O)OCC(COC(=O)CCCCCCCCCCCCCCCCCCC)OC(=O)CC/C=C\C/C=C\C/C=C\C/C=C\C/C=C\CC. The van der Waals surface area contributed by atoms with E-state index in [4.69, 9.17) is 14.2 Å². The summed E-state index contributed by atoms with van der Waals surface area (Å²) in [6, 6.07) is 0. The smallest absolute Gasteiger partial charge is 0.306 e. The van der Waals surface area contributed by atoms with Crippen molar-refractivity contribution in [1.29, 1.82) is 0 Å². The van der Waals surface area contributed by atoms with Gasteiger partial charge in [-0.15, -0.1) is 0 Å². The first kappa shape index (κ1) is 62.1. The van der Waals surface area contributed by atoms with Crippen LogP contribution in [0.1, 0.15) is 233 Å². The molecule has 0 aliphatic rings. The summed E-state index contributed by atoms with van der Waals surface area (Å²) in [6.45, 7) is 6.31. The zero-order valence-electron chi connectivity index (χ0n) is 42.7. The van der Waals surface area contributed by atoms with Gasteiger partial charge in [0.2, 0.25) is 0 Å². The summed E-state index contributed by atoms with van der Waals surface area (Å²) in [7, 11) is 0. The van der Waals surface area contributed by atoms with Gasteiger partial charge in [0.05, 0.1) is 0 Å². The van der Waals surface area contributed by atoms with Gasteiger partial charge in [-0.1, -0.05) is 252 Å². The van der Waals surface area contributed by atoms with Crippen molar-refractivity contribution in [3.8, 4) is 0 Å². The van der Waals surface area contributed by atoms with Crippen molar-refractivity contribution in [2.45, 2.75) is 239 Å². The molecule has 0 aliphatic heterocycles. The molecule has 1 atom stereocenters. The molecule has 0 aromatic carbocycles. The Kier molecular flexibility index (Phi) is 50.5. The maximum atomic E-state index is 12.8. The average molecular weight is 915 g/mol. The molecule has 1 unspecified atom stereocenters. The normalized spacial score (nSPS) is 13.0. The number of rotatable bonds is 47. The Morgan fingerprint density at radius 1 is 0.333 bits per heavy atom. The van der Waals surface area contributed by atoms with Crippen molar-refractivity contribution in [1.82, 2.24) is 0 Å². The molecule has 0 N–H and O–H groups in total. The van der Waals surface area contributed by atoms with E-state index in [1.807, 2.05) is 36.5 Å². The van der Waals surface area contributed by atoms with Crippen LogP contribution in [0.2, 0.25) is 0 Å². The molecule has 0 amide bonds. The number of esters is 3. The maximum absolute atomic E-state index is 12.8. The van der Waals surface area contributed by atoms with Crippen molar-refractivity contribution in [2.75, 3.05) is 13.2 Å². The molecule has 0 spiro atoms. The second-order valence-corrected chi connectivity index (χ2v) is 17.5. The molecule has 6 nitrogen and oxygen atoms in total. The molecule has 0 fully saturated rings. The first-order valence-electron chi connectivity index (χ1n) is 26.9. The highest BCUT2D eigenvalue weighted by Gasteiger charge is 2.19. The third kappa shape index (κ3) is 51.1. The first-order chi connectivity index (χ1) is 32.5. The lowest BCUT2D eigenvalue weighted by molar-refractivity contribution is -0.166. The molecule has 0 bridgehead atoms. The van der Waals surface area contributed by atoms with E-state index in [0.717, 1.165) is 96.3 Å². The van der Waals surface area contributed by atoms with Gasteiger partial charge < -0.3 is 14.2 Å². The van der Waals surface area contributed by atoms with Gasteiger partial charge >= 0.3 is 17.9 Å². The Balaban J connectivity index is 4.52. The quantitative estimate of drug-likeness (QED) is 0.0199. The number of hydrogen-bond acceptors (Lipinski definition) is 6. The lowest BCUT2D eigenvalue weighted by atomic mass is 10.0. The van der Waals surface area contributed by atoms with Gasteiger partial charge in [-0.2, -0.15) is 0 Å². The van der Waals surface area contributed by atoms with Crippen LogP contribution >= 0.6 is 0 Å². The number of allylic oxidation sites excluding steroid dienone is 18. The minimum absolute atomic E-state index is 0.115. The fraction of sp³-hybridized carbons (Fsp3) is 0.650. The number of carbonyl (C=O) groups is 3. The van der Waals surface area contributed by atoms with Crippen molar-refractivity contribution < 1.29 is 28.6 Å². The summed E-state index contributed by atoms with van der Waals surface area (Å²) in [4.78, 5) is 38.0. The summed E-state index contributed by atoms with van der Waals surface area (Å²) in [5.41, 5.74) is 0. The minimum Gasteiger partial charge on any atom is -0.462 e. The fourth-order valence-corrected chi connectivity index (χ4v) is 7.15. The van der Waals surface area contributed by atoms with E-state index in [2.05, 4.69) is 93.7 Å². The van der Waals surface area contributed by atoms with E-state index in [0.29, 0.717) is 19.3 Å². The van der Waals surface area contributed by atoms with E-state index >= 15 is 0 Å². The second kappa shape index (κ2) is 53.7. The summed E-state index contributed by atoms with van der Waals surface area (Å²) in [5, 5.41) is 0. The highest BCUT2D eigenvalue weighted by Crippen LogP contribution is 2.15. The molecule has 0 rings (SSSR count). The molecule has 0 saturated carbocycles. The highest BCUT2D eigenvalue weighted by atomic mass is 16.6. The summed E-state index contributed by atoms with van der Waals surface area (Å²) >= 11 is 0. The summed E-state index contributed by atoms with van der Waals surface area (Å²) in [5.74, 6) is -1.02. The predicted molar refractivity (Wildman–Crippen MR) is 283 cm³/mol. The van der Waals surface area contributed by atoms with Gasteiger partial charge in [-0.05, 0) is 70.6 Å². The first-order valence-corrected chi connectivity index (χ1v) is 26.9. The van der Waals surface area contributed by atoms with Gasteiger partial charge in [-0.25, -0.2) is 0 Å². The topological polar surface area (TPSA) is 78.9 Å². The van der Waals surface area contributed by atoms with Crippen LogP contribution in [0, 0.1) is 0 Å². The molecule has 0 aromatic heterocycles. The number of ether oxygens (including phenoxy) is 3. The van der Waals surface area contributed by atoms with E-state index in [9.17, 15) is 14.4 Å². The Bertz CT molecular complexity index is 1370. The van der Waals surface area contributed by atoms with Crippen molar-refractivity contribution in [3.63, 3.8) is 0 Å². The van der Waals surface area contributed by atoms with Gasteiger partial charge in [-0.3, -0.25) is 14.4 Å².